The highest BCUT2D eigenvalue weighted by atomic mass is 35.5. The third-order valence-electron chi connectivity index (χ3n) is 5.33. The molecule has 164 valence electrons. The molecule has 1 saturated heterocycles. The molecule has 0 aliphatic carbocycles. The molecule has 2 aromatic rings. The van der Waals surface area contributed by atoms with Gasteiger partial charge in [-0.15, -0.1) is 0 Å². The van der Waals surface area contributed by atoms with Gasteiger partial charge >= 0.3 is 5.97 Å². The Balaban J connectivity index is 1.42. The number of carboxylic acid groups (broad SMARTS) is 1. The zero-order valence-corrected chi connectivity index (χ0v) is 18.2. The molecular weight excluding hydrogens is 414 g/mol. The van der Waals surface area contributed by atoms with Crippen molar-refractivity contribution >= 4 is 35.2 Å². The average Bonchev–Trinajstić information content (AvgIpc) is 2.77. The third kappa shape index (κ3) is 7.83. The molecule has 0 aromatic heterocycles. The van der Waals surface area contributed by atoms with Crippen LogP contribution in [0.15, 0.2) is 60.7 Å². The Morgan fingerprint density at radius 1 is 1.00 bits per heavy atom. The summed E-state index contributed by atoms with van der Waals surface area (Å²) in [6.07, 6.45) is 4.22. The third-order valence-corrected chi connectivity index (χ3v) is 5.58. The van der Waals surface area contributed by atoms with Crippen LogP contribution in [0.2, 0.25) is 5.02 Å². The lowest BCUT2D eigenvalue weighted by molar-refractivity contribution is -0.144. The molecule has 1 aliphatic rings. The van der Waals surface area contributed by atoms with Crippen LogP contribution in [0.1, 0.15) is 12.0 Å². The highest BCUT2D eigenvalue weighted by Crippen LogP contribution is 2.16. The fourth-order valence-electron chi connectivity index (χ4n) is 3.57. The molecule has 1 atom stereocenters. The van der Waals surface area contributed by atoms with E-state index in [2.05, 4.69) is 39.4 Å². The topological polar surface area (TPSA) is 72.9 Å². The van der Waals surface area contributed by atoms with Crippen molar-refractivity contribution in [3.63, 3.8) is 0 Å². The summed E-state index contributed by atoms with van der Waals surface area (Å²) in [5.74, 6) is -1.99. The number of carbonyl (C=O) groups excluding carboxylic acids is 1. The predicted molar refractivity (Wildman–Crippen MR) is 124 cm³/mol. The molecule has 1 fully saturated rings. The lowest BCUT2D eigenvalue weighted by atomic mass is 10.0. The van der Waals surface area contributed by atoms with E-state index in [0.717, 1.165) is 32.7 Å². The number of carbonyl (C=O) groups is 2. The van der Waals surface area contributed by atoms with E-state index in [1.165, 1.54) is 5.56 Å². The number of amides is 1. The molecule has 0 spiro atoms. The van der Waals surface area contributed by atoms with Crippen molar-refractivity contribution in [1.82, 2.24) is 9.80 Å². The number of rotatable bonds is 9. The molecule has 1 heterocycles. The fourth-order valence-corrected chi connectivity index (χ4v) is 3.69. The van der Waals surface area contributed by atoms with Crippen molar-refractivity contribution in [3.8, 4) is 0 Å². The Labute approximate surface area is 188 Å². The van der Waals surface area contributed by atoms with Crippen molar-refractivity contribution in [3.05, 3.63) is 71.3 Å². The first-order valence-electron chi connectivity index (χ1n) is 10.4. The van der Waals surface area contributed by atoms with Crippen LogP contribution < -0.4 is 5.32 Å². The minimum atomic E-state index is -0.945. The van der Waals surface area contributed by atoms with Crippen LogP contribution in [0.5, 0.6) is 0 Å². The summed E-state index contributed by atoms with van der Waals surface area (Å²) in [4.78, 5) is 28.5. The Morgan fingerprint density at radius 3 is 2.29 bits per heavy atom. The van der Waals surface area contributed by atoms with Crippen LogP contribution in [0.25, 0.3) is 6.08 Å². The summed E-state index contributed by atoms with van der Waals surface area (Å²) >= 11 is 5.85. The molecule has 1 aliphatic heterocycles. The number of nitrogens with zero attached hydrogens (tertiary/aromatic N) is 2. The number of benzene rings is 2. The molecule has 7 heteroatoms. The summed E-state index contributed by atoms with van der Waals surface area (Å²) in [7, 11) is 0. The van der Waals surface area contributed by atoms with Gasteiger partial charge in [-0.2, -0.15) is 0 Å². The van der Waals surface area contributed by atoms with Gasteiger partial charge in [0.25, 0.3) is 0 Å². The van der Waals surface area contributed by atoms with Gasteiger partial charge in [-0.3, -0.25) is 19.4 Å². The summed E-state index contributed by atoms with van der Waals surface area (Å²) in [5.41, 5.74) is 1.79. The fraction of sp³-hybridized carbons (Fsp3) is 0.333. The van der Waals surface area contributed by atoms with E-state index in [-0.39, 0.29) is 12.3 Å². The summed E-state index contributed by atoms with van der Waals surface area (Å²) in [6.45, 7) is 4.58. The maximum Gasteiger partial charge on any atom is 0.308 e. The number of hydrogen-bond donors (Lipinski definition) is 2. The number of carboxylic acids is 1. The van der Waals surface area contributed by atoms with Crippen molar-refractivity contribution in [2.24, 2.45) is 5.92 Å². The molecule has 1 amide bonds. The van der Waals surface area contributed by atoms with Gasteiger partial charge in [-0.25, -0.2) is 0 Å². The lowest BCUT2D eigenvalue weighted by Gasteiger charge is -2.35. The van der Waals surface area contributed by atoms with E-state index < -0.39 is 11.9 Å². The number of aliphatic carboxylic acids is 1. The van der Waals surface area contributed by atoms with Crippen molar-refractivity contribution in [1.29, 1.82) is 0 Å². The quantitative estimate of drug-likeness (QED) is 0.620. The van der Waals surface area contributed by atoms with Gasteiger partial charge in [-0.05, 0) is 29.8 Å². The lowest BCUT2D eigenvalue weighted by Crippen LogP contribution is -2.48. The summed E-state index contributed by atoms with van der Waals surface area (Å²) in [5, 5.41) is 12.9. The van der Waals surface area contributed by atoms with Gasteiger partial charge in [0.2, 0.25) is 5.91 Å². The SMILES string of the molecule is O=C(CC(CN1CCN(CC=Cc2ccccc2)CC1)C(=O)O)Nc1ccc(Cl)cc1. The van der Waals surface area contributed by atoms with E-state index >= 15 is 0 Å². The van der Waals surface area contributed by atoms with Gasteiger partial charge in [-0.1, -0.05) is 54.1 Å². The number of halogens is 1. The molecule has 0 bridgehead atoms. The molecule has 31 heavy (non-hydrogen) atoms. The second-order valence-corrected chi connectivity index (χ2v) is 8.15. The Morgan fingerprint density at radius 2 is 1.65 bits per heavy atom. The Hall–Kier alpha value is -2.67. The minimum Gasteiger partial charge on any atom is -0.481 e. The zero-order valence-electron chi connectivity index (χ0n) is 17.4. The second kappa shape index (κ2) is 11.6. The minimum absolute atomic E-state index is 0.0576. The Bertz CT molecular complexity index is 879. The molecule has 0 radical (unpaired) electrons. The van der Waals surface area contributed by atoms with E-state index in [0.29, 0.717) is 17.3 Å². The van der Waals surface area contributed by atoms with Crippen LogP contribution in [-0.4, -0.2) is 66.1 Å². The highest BCUT2D eigenvalue weighted by Gasteiger charge is 2.26. The maximum absolute atomic E-state index is 12.3. The monoisotopic (exact) mass is 441 g/mol. The van der Waals surface area contributed by atoms with Crippen LogP contribution in [0.3, 0.4) is 0 Å². The molecule has 3 rings (SSSR count). The molecule has 2 N–H and O–H groups in total. The molecule has 6 nitrogen and oxygen atoms in total. The van der Waals surface area contributed by atoms with E-state index in [9.17, 15) is 14.7 Å². The standard InChI is InChI=1S/C24H28ClN3O3/c25-21-8-10-22(11-9-21)26-23(29)17-20(24(30)31)18-28-15-13-27(14-16-28)12-4-7-19-5-2-1-3-6-19/h1-11,20H,12-18H2,(H,26,29)(H,30,31). The van der Waals surface area contributed by atoms with Gasteiger partial charge in [0.15, 0.2) is 0 Å². The zero-order chi connectivity index (χ0) is 22.1. The smallest absolute Gasteiger partial charge is 0.308 e. The molecule has 0 saturated carbocycles. The summed E-state index contributed by atoms with van der Waals surface area (Å²) in [6, 6.07) is 16.9. The highest BCUT2D eigenvalue weighted by molar-refractivity contribution is 6.30. The second-order valence-electron chi connectivity index (χ2n) is 7.71. The molecule has 1 unspecified atom stereocenters. The predicted octanol–water partition coefficient (Wildman–Crippen LogP) is 3.70. The number of anilines is 1. The average molecular weight is 442 g/mol. The normalized spacial score (nSPS) is 16.3. The van der Waals surface area contributed by atoms with Crippen LogP contribution >= 0.6 is 11.6 Å². The van der Waals surface area contributed by atoms with Gasteiger partial charge < -0.3 is 10.4 Å². The first kappa shape index (κ1) is 23.0. The largest absolute Gasteiger partial charge is 0.481 e. The first-order chi connectivity index (χ1) is 15.0. The van der Waals surface area contributed by atoms with Gasteiger partial charge in [0.1, 0.15) is 0 Å². The van der Waals surface area contributed by atoms with Crippen molar-refractivity contribution < 1.29 is 14.7 Å². The van der Waals surface area contributed by atoms with E-state index in [1.807, 2.05) is 18.2 Å². The Kier molecular flexibility index (Phi) is 8.64. The number of hydrogen-bond acceptors (Lipinski definition) is 4. The first-order valence-corrected chi connectivity index (χ1v) is 10.8. The van der Waals surface area contributed by atoms with Gasteiger partial charge in [0, 0.05) is 56.4 Å². The van der Waals surface area contributed by atoms with Crippen molar-refractivity contribution in [2.75, 3.05) is 44.6 Å². The molecule has 2 aromatic carbocycles. The number of piperazine rings is 1. The van der Waals surface area contributed by atoms with E-state index in [1.54, 1.807) is 24.3 Å². The van der Waals surface area contributed by atoms with Crippen LogP contribution in [-0.2, 0) is 9.59 Å². The van der Waals surface area contributed by atoms with Crippen LogP contribution in [0, 0.1) is 5.92 Å². The molecular formula is C24H28ClN3O3. The maximum atomic E-state index is 12.3. The van der Waals surface area contributed by atoms with Crippen LogP contribution in [0.4, 0.5) is 5.69 Å². The van der Waals surface area contributed by atoms with Crippen molar-refractivity contribution in [2.45, 2.75) is 6.42 Å². The van der Waals surface area contributed by atoms with Gasteiger partial charge in [0.05, 0.1) is 5.92 Å². The van der Waals surface area contributed by atoms with E-state index in [4.69, 9.17) is 11.6 Å². The summed E-state index contributed by atoms with van der Waals surface area (Å²) < 4.78 is 0. The number of nitrogens with one attached hydrogen (secondary N) is 1.